The zero-order valence-electron chi connectivity index (χ0n) is 11.3. The van der Waals surface area contributed by atoms with Gasteiger partial charge in [0.25, 0.3) is 0 Å². The molecular weight excluding hydrogens is 344 g/mol. The van der Waals surface area contributed by atoms with Gasteiger partial charge in [-0.15, -0.1) is 0 Å². The van der Waals surface area contributed by atoms with Crippen LogP contribution in [0.5, 0.6) is 0 Å². The monoisotopic (exact) mass is 362 g/mol. The van der Waals surface area contributed by atoms with Crippen molar-refractivity contribution in [3.8, 4) is 0 Å². The van der Waals surface area contributed by atoms with E-state index in [1.165, 1.54) is 12.3 Å². The van der Waals surface area contributed by atoms with E-state index >= 15 is 0 Å². The van der Waals surface area contributed by atoms with E-state index in [4.69, 9.17) is 5.73 Å². The van der Waals surface area contributed by atoms with E-state index < -0.39 is 10.0 Å². The first-order valence-corrected chi connectivity index (χ1v) is 8.86. The molecule has 0 aromatic carbocycles. The lowest BCUT2D eigenvalue weighted by atomic mass is 10.2. The highest BCUT2D eigenvalue weighted by molar-refractivity contribution is 9.10. The van der Waals surface area contributed by atoms with Gasteiger partial charge in [-0.25, -0.2) is 18.1 Å². The summed E-state index contributed by atoms with van der Waals surface area (Å²) in [6, 6.07) is 1.73. The van der Waals surface area contributed by atoms with Crippen LogP contribution in [0.3, 0.4) is 0 Å². The van der Waals surface area contributed by atoms with Gasteiger partial charge in [-0.05, 0) is 47.9 Å². The molecule has 1 aromatic rings. The second kappa shape index (κ2) is 6.38. The van der Waals surface area contributed by atoms with E-state index in [2.05, 4.69) is 37.5 Å². The summed E-state index contributed by atoms with van der Waals surface area (Å²) < 4.78 is 27.8. The summed E-state index contributed by atoms with van der Waals surface area (Å²) in [5.74, 6) is 0.0134. The van der Waals surface area contributed by atoms with Crippen molar-refractivity contribution in [3.05, 3.63) is 16.7 Å². The van der Waals surface area contributed by atoms with Gasteiger partial charge in [0.1, 0.15) is 10.7 Å². The van der Waals surface area contributed by atoms with Crippen LogP contribution in [0.2, 0.25) is 0 Å². The molecule has 0 radical (unpaired) electrons. The number of nitrogens with zero attached hydrogens (tertiary/aromatic N) is 2. The Hall–Kier alpha value is -0.700. The van der Waals surface area contributed by atoms with Crippen molar-refractivity contribution in [2.45, 2.75) is 30.7 Å². The Labute approximate surface area is 127 Å². The summed E-state index contributed by atoms with van der Waals surface area (Å²) in [4.78, 5) is 6.16. The first-order valence-electron chi connectivity index (χ1n) is 6.58. The highest BCUT2D eigenvalue weighted by Gasteiger charge is 2.26. The molecule has 0 amide bonds. The van der Waals surface area contributed by atoms with Crippen molar-refractivity contribution in [3.63, 3.8) is 0 Å². The summed E-state index contributed by atoms with van der Waals surface area (Å²) in [7, 11) is -3.63. The van der Waals surface area contributed by atoms with Crippen molar-refractivity contribution in [2.75, 3.05) is 25.4 Å². The lowest BCUT2D eigenvalue weighted by molar-refractivity contribution is 0.268. The average Bonchev–Trinajstić information content (AvgIpc) is 2.86. The minimum atomic E-state index is -3.63. The molecule has 1 aliphatic heterocycles. The number of nitrogens with two attached hydrogens (primary N) is 1. The average molecular weight is 363 g/mol. The molecule has 0 aliphatic carbocycles. The topological polar surface area (TPSA) is 88.3 Å². The van der Waals surface area contributed by atoms with Crippen LogP contribution in [0.15, 0.2) is 21.6 Å². The molecule has 1 fully saturated rings. The molecule has 2 rings (SSSR count). The van der Waals surface area contributed by atoms with Crippen LogP contribution in [-0.4, -0.2) is 44.0 Å². The van der Waals surface area contributed by atoms with Gasteiger partial charge in [0, 0.05) is 23.3 Å². The number of nitrogens with one attached hydrogen (secondary N) is 1. The van der Waals surface area contributed by atoms with Crippen molar-refractivity contribution in [2.24, 2.45) is 0 Å². The summed E-state index contributed by atoms with van der Waals surface area (Å²) in [6.45, 7) is 4.46. The second-order valence-corrected chi connectivity index (χ2v) is 7.46. The third-order valence-electron chi connectivity index (χ3n) is 3.55. The van der Waals surface area contributed by atoms with Crippen LogP contribution in [0, 0.1) is 0 Å². The predicted molar refractivity (Wildman–Crippen MR) is 81.8 cm³/mol. The smallest absolute Gasteiger partial charge is 0.244 e. The molecule has 6 nitrogen and oxygen atoms in total. The van der Waals surface area contributed by atoms with Crippen LogP contribution >= 0.6 is 15.9 Å². The Kier molecular flexibility index (Phi) is 5.00. The first kappa shape index (κ1) is 15.7. The van der Waals surface area contributed by atoms with E-state index in [1.54, 1.807) is 0 Å². The Bertz CT molecular complexity index is 579. The molecule has 1 aliphatic rings. The number of hydrogen-bond donors (Lipinski definition) is 2. The maximum Gasteiger partial charge on any atom is 0.244 e. The van der Waals surface area contributed by atoms with Gasteiger partial charge < -0.3 is 5.73 Å². The predicted octanol–water partition coefficient (Wildman–Crippen LogP) is 1.19. The normalized spacial score (nSPS) is 20.4. The molecule has 2 heterocycles. The largest absolute Gasteiger partial charge is 0.383 e. The number of likely N-dealkylation sites (tertiary alicyclic amines) is 1. The lowest BCUT2D eigenvalue weighted by Gasteiger charge is -2.22. The fraction of sp³-hybridized carbons (Fsp3) is 0.583. The highest BCUT2D eigenvalue weighted by Crippen LogP contribution is 2.21. The number of nitrogen functional groups attached to an aromatic ring is 1. The van der Waals surface area contributed by atoms with Gasteiger partial charge in [0.05, 0.1) is 0 Å². The molecular formula is C12H19BrN4O2S. The maximum atomic E-state index is 12.3. The minimum absolute atomic E-state index is 0.0134. The number of rotatable bonds is 5. The van der Waals surface area contributed by atoms with Gasteiger partial charge >= 0.3 is 0 Å². The quantitative estimate of drug-likeness (QED) is 0.821. The molecule has 112 valence electrons. The van der Waals surface area contributed by atoms with Crippen molar-refractivity contribution in [1.82, 2.24) is 14.6 Å². The van der Waals surface area contributed by atoms with Crippen molar-refractivity contribution < 1.29 is 8.42 Å². The third kappa shape index (κ3) is 3.49. The van der Waals surface area contributed by atoms with E-state index in [9.17, 15) is 8.42 Å². The molecule has 1 unspecified atom stereocenters. The summed E-state index contributed by atoms with van der Waals surface area (Å²) in [6.07, 6.45) is 3.60. The number of sulfonamides is 1. The number of pyridine rings is 1. The number of anilines is 1. The van der Waals surface area contributed by atoms with Gasteiger partial charge in [-0.3, -0.25) is 4.90 Å². The lowest BCUT2D eigenvalue weighted by Crippen LogP contribution is -2.40. The number of hydrogen-bond acceptors (Lipinski definition) is 5. The molecule has 0 bridgehead atoms. The fourth-order valence-electron chi connectivity index (χ4n) is 2.47. The number of likely N-dealkylation sites (N-methyl/N-ethyl adjacent to an activating group) is 1. The van der Waals surface area contributed by atoms with E-state index in [-0.39, 0.29) is 16.8 Å². The Morgan fingerprint density at radius 3 is 3.05 bits per heavy atom. The number of halogens is 1. The summed E-state index contributed by atoms with van der Waals surface area (Å²) >= 11 is 3.21. The van der Waals surface area contributed by atoms with E-state index in [0.717, 1.165) is 25.9 Å². The molecule has 1 atom stereocenters. The molecule has 0 saturated carbocycles. The Balaban J connectivity index is 2.09. The van der Waals surface area contributed by atoms with Crippen LogP contribution in [-0.2, 0) is 10.0 Å². The molecule has 1 saturated heterocycles. The van der Waals surface area contributed by atoms with Gasteiger partial charge in [0.15, 0.2) is 0 Å². The van der Waals surface area contributed by atoms with E-state index in [0.29, 0.717) is 11.0 Å². The van der Waals surface area contributed by atoms with Crippen molar-refractivity contribution >= 4 is 31.8 Å². The molecule has 3 N–H and O–H groups in total. The SMILES string of the molecule is CCN1CCCC1CNS(=O)(=O)c1cc(Br)cnc1N. The Morgan fingerprint density at radius 1 is 1.60 bits per heavy atom. The summed E-state index contributed by atoms with van der Waals surface area (Å²) in [5, 5.41) is 0. The fourth-order valence-corrected chi connectivity index (χ4v) is 4.13. The third-order valence-corrected chi connectivity index (χ3v) is 5.44. The first-order chi connectivity index (χ1) is 9.44. The second-order valence-electron chi connectivity index (χ2n) is 4.81. The zero-order valence-corrected chi connectivity index (χ0v) is 13.7. The molecule has 0 spiro atoms. The van der Waals surface area contributed by atoms with E-state index in [1.807, 2.05) is 0 Å². The highest BCUT2D eigenvalue weighted by atomic mass is 79.9. The van der Waals surface area contributed by atoms with Crippen LogP contribution in [0.25, 0.3) is 0 Å². The summed E-state index contributed by atoms with van der Waals surface area (Å²) in [5.41, 5.74) is 5.65. The van der Waals surface area contributed by atoms with Crippen LogP contribution in [0.4, 0.5) is 5.82 Å². The standard InChI is InChI=1S/C12H19BrN4O2S/c1-2-17-5-3-4-10(17)8-16-20(18,19)11-6-9(13)7-15-12(11)14/h6-7,10,16H,2-5,8H2,1H3,(H2,14,15). The Morgan fingerprint density at radius 2 is 2.35 bits per heavy atom. The minimum Gasteiger partial charge on any atom is -0.383 e. The van der Waals surface area contributed by atoms with Crippen molar-refractivity contribution in [1.29, 1.82) is 0 Å². The maximum absolute atomic E-state index is 12.3. The molecule has 8 heteroatoms. The van der Waals surface area contributed by atoms with Gasteiger partial charge in [-0.2, -0.15) is 0 Å². The van der Waals surface area contributed by atoms with Gasteiger partial charge in [-0.1, -0.05) is 6.92 Å². The zero-order chi connectivity index (χ0) is 14.8. The molecule has 20 heavy (non-hydrogen) atoms. The molecule has 1 aromatic heterocycles. The van der Waals surface area contributed by atoms with Crippen LogP contribution < -0.4 is 10.5 Å². The van der Waals surface area contributed by atoms with Gasteiger partial charge in [0.2, 0.25) is 10.0 Å². The number of aromatic nitrogens is 1. The van der Waals surface area contributed by atoms with Crippen LogP contribution in [0.1, 0.15) is 19.8 Å².